The van der Waals surface area contributed by atoms with E-state index in [2.05, 4.69) is 31.2 Å². The molecule has 4 rings (SSSR count). The predicted molar refractivity (Wildman–Crippen MR) is 193 cm³/mol. The summed E-state index contributed by atoms with van der Waals surface area (Å²) < 4.78 is 15.2. The van der Waals surface area contributed by atoms with Crippen molar-refractivity contribution >= 4 is 41.3 Å². The highest BCUT2D eigenvalue weighted by Gasteiger charge is 2.55. The van der Waals surface area contributed by atoms with E-state index >= 15 is 4.39 Å². The van der Waals surface area contributed by atoms with Gasteiger partial charge in [-0.05, 0) is 42.6 Å². The largest absolute Gasteiger partial charge is 0.480 e. The van der Waals surface area contributed by atoms with Gasteiger partial charge in [0, 0.05) is 31.3 Å². The Morgan fingerprint density at radius 1 is 0.870 bits per heavy atom. The van der Waals surface area contributed by atoms with Crippen LogP contribution in [0.15, 0.2) is 48.9 Å². The standard InChI is InChI=1S/C38H50FN7O8/c1-6-10-26(32(47)36(51)43-27(38(53)54)17-22-11-8-7-9-12-22)42-35(50)31-23-13-14-25(39)24(23)19-46(31)37(52)30(21(4)5)45-34(49)29(20(2)3)44-33(48)28-18-40-15-16-41-28/h7-9,11-12,15-16,18,20-21,23-27,29-31H,6,10,13-14,17,19H2,1-5H3,(H,42,50)(H,43,51)(H,44,48)(H,45,49)(H,53,54)/t23-,24-,25-,26-,27-,29-,30-,31-/m0/s1. The van der Waals surface area contributed by atoms with E-state index in [1.807, 2.05) is 0 Å². The Labute approximate surface area is 313 Å². The molecule has 2 aliphatic rings. The first-order valence-corrected chi connectivity index (χ1v) is 18.4. The van der Waals surface area contributed by atoms with E-state index < -0.39 is 101 Å². The Hall–Kier alpha value is -5.28. The van der Waals surface area contributed by atoms with Gasteiger partial charge in [-0.25, -0.2) is 14.2 Å². The smallest absolute Gasteiger partial charge is 0.326 e. The third-order valence-electron chi connectivity index (χ3n) is 10.1. The molecule has 2 aromatic rings. The quantitative estimate of drug-likeness (QED) is 0.147. The number of aliphatic carboxylic acids is 1. The molecule has 54 heavy (non-hydrogen) atoms. The fourth-order valence-electron chi connectivity index (χ4n) is 7.18. The molecule has 1 saturated heterocycles. The van der Waals surface area contributed by atoms with Crippen LogP contribution in [-0.2, 0) is 35.2 Å². The molecule has 5 amide bonds. The zero-order chi connectivity index (χ0) is 39.7. The van der Waals surface area contributed by atoms with Crippen molar-refractivity contribution < 1.29 is 43.1 Å². The third-order valence-corrected chi connectivity index (χ3v) is 10.1. The van der Waals surface area contributed by atoms with E-state index in [0.29, 0.717) is 18.4 Å². The van der Waals surface area contributed by atoms with Gasteiger partial charge in [-0.2, -0.15) is 0 Å². The lowest BCUT2D eigenvalue weighted by atomic mass is 9.92. The minimum Gasteiger partial charge on any atom is -0.480 e. The van der Waals surface area contributed by atoms with E-state index in [-0.39, 0.29) is 31.5 Å². The van der Waals surface area contributed by atoms with Crippen LogP contribution in [0.3, 0.4) is 0 Å². The number of rotatable bonds is 17. The van der Waals surface area contributed by atoms with Crippen molar-refractivity contribution in [3.8, 4) is 0 Å². The zero-order valence-corrected chi connectivity index (χ0v) is 31.2. The normalized spacial score (nSPS) is 21.4. The number of nitrogens with one attached hydrogen (secondary N) is 4. The summed E-state index contributed by atoms with van der Waals surface area (Å²) in [5.41, 5.74) is 0.624. The fraction of sp³-hybridized carbons (Fsp3) is 0.553. The Morgan fingerprint density at radius 3 is 2.15 bits per heavy atom. The zero-order valence-electron chi connectivity index (χ0n) is 31.2. The number of hydrogen-bond acceptors (Lipinski definition) is 9. The van der Waals surface area contributed by atoms with Crippen molar-refractivity contribution in [3.05, 3.63) is 60.2 Å². The monoisotopic (exact) mass is 751 g/mol. The Bertz CT molecular complexity index is 1680. The highest BCUT2D eigenvalue weighted by atomic mass is 19.1. The summed E-state index contributed by atoms with van der Waals surface area (Å²) in [6.45, 7) is 8.47. The number of fused-ring (bicyclic) bond motifs is 1. The number of amides is 5. The predicted octanol–water partition coefficient (Wildman–Crippen LogP) is 1.61. The lowest BCUT2D eigenvalue weighted by Gasteiger charge is -2.34. The maximum Gasteiger partial charge on any atom is 0.326 e. The number of ketones is 1. The summed E-state index contributed by atoms with van der Waals surface area (Å²) in [5.74, 6) is -8.41. The van der Waals surface area contributed by atoms with Crippen molar-refractivity contribution in [2.75, 3.05) is 6.54 Å². The molecule has 15 nitrogen and oxygen atoms in total. The second kappa shape index (κ2) is 18.7. The number of aromatic nitrogens is 2. The van der Waals surface area contributed by atoms with E-state index in [1.54, 1.807) is 65.0 Å². The van der Waals surface area contributed by atoms with Crippen LogP contribution >= 0.6 is 0 Å². The number of halogens is 1. The van der Waals surface area contributed by atoms with Crippen LogP contribution in [0, 0.1) is 23.7 Å². The van der Waals surface area contributed by atoms with E-state index in [4.69, 9.17) is 0 Å². The minimum absolute atomic E-state index is 0.00287. The Balaban J connectivity index is 1.52. The minimum atomic E-state index is -1.41. The number of alkyl halides is 1. The van der Waals surface area contributed by atoms with Gasteiger partial charge in [0.1, 0.15) is 36.0 Å². The molecule has 5 N–H and O–H groups in total. The molecule has 0 radical (unpaired) electrons. The van der Waals surface area contributed by atoms with Gasteiger partial charge in [-0.1, -0.05) is 71.4 Å². The maximum atomic E-state index is 15.2. The van der Waals surface area contributed by atoms with E-state index in [1.165, 1.54) is 23.5 Å². The van der Waals surface area contributed by atoms with Gasteiger partial charge in [0.15, 0.2) is 0 Å². The number of carboxylic acid groups (broad SMARTS) is 1. The summed E-state index contributed by atoms with van der Waals surface area (Å²) in [6.07, 6.45) is 3.52. The van der Waals surface area contributed by atoms with Crippen LogP contribution in [0.25, 0.3) is 0 Å². The van der Waals surface area contributed by atoms with Gasteiger partial charge >= 0.3 is 5.97 Å². The maximum absolute atomic E-state index is 15.2. The molecule has 2 heterocycles. The molecular formula is C38H50FN7O8. The molecule has 2 fully saturated rings. The topological polar surface area (TPSA) is 217 Å². The van der Waals surface area contributed by atoms with Crippen LogP contribution in [0.1, 0.15) is 76.4 Å². The SMILES string of the molecule is CCC[C@H](NC(=O)[C@@H]1[C@H]2CC[C@H](F)[C@H]2CN1C(=O)[C@@H](NC(=O)[C@@H](NC(=O)c1cnccn1)C(C)C)C(C)C)C(=O)C(=O)N[C@@H](Cc1ccccc1)C(=O)O. The molecule has 1 saturated carbocycles. The molecular weight excluding hydrogens is 701 g/mol. The second-order valence-electron chi connectivity index (χ2n) is 14.6. The number of carbonyl (C=O) groups excluding carboxylic acids is 6. The summed E-state index contributed by atoms with van der Waals surface area (Å²) in [4.78, 5) is 103. The molecule has 0 spiro atoms. The van der Waals surface area contributed by atoms with Crippen LogP contribution in [0.5, 0.6) is 0 Å². The van der Waals surface area contributed by atoms with Gasteiger partial charge in [0.05, 0.1) is 12.2 Å². The molecule has 1 aliphatic carbocycles. The Morgan fingerprint density at radius 2 is 1.56 bits per heavy atom. The van der Waals surface area contributed by atoms with Crippen molar-refractivity contribution in [1.29, 1.82) is 0 Å². The lowest BCUT2D eigenvalue weighted by Crippen LogP contribution is -2.60. The van der Waals surface area contributed by atoms with Crippen molar-refractivity contribution in [3.63, 3.8) is 0 Å². The van der Waals surface area contributed by atoms with E-state index in [9.17, 15) is 38.7 Å². The molecule has 292 valence electrons. The average molecular weight is 752 g/mol. The van der Waals surface area contributed by atoms with Crippen LogP contribution in [-0.4, -0.2) is 104 Å². The summed E-state index contributed by atoms with van der Waals surface area (Å²) >= 11 is 0. The summed E-state index contributed by atoms with van der Waals surface area (Å²) in [5, 5.41) is 20.0. The van der Waals surface area contributed by atoms with Gasteiger partial charge in [-0.3, -0.25) is 33.8 Å². The molecule has 8 atom stereocenters. The molecule has 0 bridgehead atoms. The highest BCUT2D eigenvalue weighted by Crippen LogP contribution is 2.44. The van der Waals surface area contributed by atoms with Crippen molar-refractivity contribution in [1.82, 2.24) is 36.1 Å². The first-order chi connectivity index (χ1) is 25.6. The second-order valence-corrected chi connectivity index (χ2v) is 14.6. The first-order valence-electron chi connectivity index (χ1n) is 18.4. The molecule has 1 aromatic carbocycles. The molecule has 16 heteroatoms. The first kappa shape index (κ1) is 41.5. The number of carbonyl (C=O) groups is 7. The third kappa shape index (κ3) is 10.0. The Kier molecular flexibility index (Phi) is 14.3. The van der Waals surface area contributed by atoms with E-state index in [0.717, 1.165) is 0 Å². The fourth-order valence-corrected chi connectivity index (χ4v) is 7.18. The number of hydrogen-bond donors (Lipinski definition) is 5. The highest BCUT2D eigenvalue weighted by molar-refractivity contribution is 6.38. The van der Waals surface area contributed by atoms with Gasteiger partial charge in [0.25, 0.3) is 11.8 Å². The van der Waals surface area contributed by atoms with Crippen molar-refractivity contribution in [2.45, 2.75) is 103 Å². The summed E-state index contributed by atoms with van der Waals surface area (Å²) in [7, 11) is 0. The number of likely N-dealkylation sites (tertiary alicyclic amines) is 1. The number of nitrogens with zero attached hydrogens (tertiary/aromatic N) is 3. The van der Waals surface area contributed by atoms with Crippen LogP contribution in [0.2, 0.25) is 0 Å². The molecule has 0 unspecified atom stereocenters. The molecule has 1 aromatic heterocycles. The van der Waals surface area contributed by atoms with Gasteiger partial charge in [-0.15, -0.1) is 0 Å². The number of benzene rings is 1. The lowest BCUT2D eigenvalue weighted by molar-refractivity contribution is -0.146. The van der Waals surface area contributed by atoms with Crippen molar-refractivity contribution in [2.24, 2.45) is 23.7 Å². The van der Waals surface area contributed by atoms with Crippen LogP contribution in [0.4, 0.5) is 4.39 Å². The van der Waals surface area contributed by atoms with Gasteiger partial charge in [0.2, 0.25) is 23.5 Å². The number of carboxylic acids is 1. The van der Waals surface area contributed by atoms with Crippen LogP contribution < -0.4 is 21.3 Å². The van der Waals surface area contributed by atoms with Gasteiger partial charge < -0.3 is 31.3 Å². The average Bonchev–Trinajstić information content (AvgIpc) is 3.71. The number of Topliss-reactive ketones (excluding diaryl/α,β-unsaturated/α-hetero) is 1. The molecule has 1 aliphatic heterocycles. The summed E-state index contributed by atoms with van der Waals surface area (Å²) in [6, 6.07) is 2.35.